The third-order valence-electron chi connectivity index (χ3n) is 3.11. The van der Waals surface area contributed by atoms with Crippen molar-refractivity contribution in [1.29, 1.82) is 0 Å². The lowest BCUT2D eigenvalue weighted by Gasteiger charge is -2.12. The summed E-state index contributed by atoms with van der Waals surface area (Å²) in [6.07, 6.45) is 0. The summed E-state index contributed by atoms with van der Waals surface area (Å²) in [6.45, 7) is 8.00. The summed E-state index contributed by atoms with van der Waals surface area (Å²) in [6, 6.07) is 4.43. The Morgan fingerprint density at radius 3 is 2.52 bits per heavy atom. The molecule has 0 radical (unpaired) electrons. The first-order chi connectivity index (χ1) is 11.5. The fourth-order valence-corrected chi connectivity index (χ4v) is 4.30. The third kappa shape index (κ3) is 4.96. The summed E-state index contributed by atoms with van der Waals surface area (Å²) in [5.74, 6) is -0.422. The van der Waals surface area contributed by atoms with Crippen LogP contribution >= 0.6 is 33.9 Å². The van der Waals surface area contributed by atoms with E-state index in [0.29, 0.717) is 8.70 Å². The first-order valence-corrected chi connectivity index (χ1v) is 10.9. The van der Waals surface area contributed by atoms with Crippen LogP contribution in [0.15, 0.2) is 23.1 Å². The van der Waals surface area contributed by atoms with Gasteiger partial charge in [0, 0.05) is 15.5 Å². The summed E-state index contributed by atoms with van der Waals surface area (Å²) in [4.78, 5) is 12.6. The Kier molecular flexibility index (Phi) is 6.17. The highest BCUT2D eigenvalue weighted by Gasteiger charge is 2.22. The van der Waals surface area contributed by atoms with Crippen LogP contribution in [-0.2, 0) is 15.4 Å². The average molecular weight is 494 g/mol. The number of carbonyl (C=O) groups is 1. The van der Waals surface area contributed by atoms with Crippen molar-refractivity contribution in [3.05, 3.63) is 32.3 Å². The summed E-state index contributed by atoms with van der Waals surface area (Å²) in [7, 11) is -3.63. The second kappa shape index (κ2) is 7.64. The number of benzene rings is 1. The molecule has 1 aromatic heterocycles. The minimum Gasteiger partial charge on any atom is -0.296 e. The predicted octanol–water partition coefficient (Wildman–Crippen LogP) is 2.99. The van der Waals surface area contributed by atoms with Gasteiger partial charge in [-0.2, -0.15) is 0 Å². The largest absolute Gasteiger partial charge is 0.296 e. The van der Waals surface area contributed by atoms with Crippen molar-refractivity contribution in [2.24, 2.45) is 0 Å². The van der Waals surface area contributed by atoms with Crippen LogP contribution in [-0.4, -0.2) is 31.1 Å². The van der Waals surface area contributed by atoms with Crippen molar-refractivity contribution in [3.8, 4) is 0 Å². The maximum Gasteiger partial charge on any atom is 0.258 e. The van der Waals surface area contributed by atoms with Crippen LogP contribution in [0.3, 0.4) is 0 Å². The Morgan fingerprint density at radius 2 is 1.96 bits per heavy atom. The van der Waals surface area contributed by atoms with Crippen molar-refractivity contribution in [1.82, 2.24) is 14.9 Å². The van der Waals surface area contributed by atoms with Gasteiger partial charge in [-0.25, -0.2) is 13.1 Å². The number of rotatable bonds is 5. The molecular weight excluding hydrogens is 475 g/mol. The Bertz CT molecular complexity index is 888. The zero-order valence-electron chi connectivity index (χ0n) is 14.3. The zero-order valence-corrected chi connectivity index (χ0v) is 18.0. The summed E-state index contributed by atoms with van der Waals surface area (Å²) >= 11 is 3.29. The van der Waals surface area contributed by atoms with Gasteiger partial charge < -0.3 is 0 Å². The molecule has 1 aromatic carbocycles. The summed E-state index contributed by atoms with van der Waals surface area (Å²) in [5, 5.41) is 11.9. The van der Waals surface area contributed by atoms with Gasteiger partial charge in [-0.3, -0.25) is 10.1 Å². The van der Waals surface area contributed by atoms with E-state index in [1.807, 2.05) is 43.4 Å². The highest BCUT2D eigenvalue weighted by molar-refractivity contribution is 14.1. The summed E-state index contributed by atoms with van der Waals surface area (Å²) in [5.41, 5.74) is 0.113. The normalized spacial score (nSPS) is 12.2. The summed E-state index contributed by atoms with van der Waals surface area (Å²) < 4.78 is 27.3. The molecule has 0 atom stereocenters. The Labute approximate surface area is 164 Å². The van der Waals surface area contributed by atoms with Gasteiger partial charge in [0.1, 0.15) is 5.01 Å². The molecule has 25 heavy (non-hydrogen) atoms. The van der Waals surface area contributed by atoms with Crippen LogP contribution in [0.1, 0.15) is 43.1 Å². The molecule has 0 aliphatic rings. The molecule has 0 bridgehead atoms. The lowest BCUT2D eigenvalue weighted by atomic mass is 9.98. The van der Waals surface area contributed by atoms with Gasteiger partial charge in [-0.1, -0.05) is 39.0 Å². The van der Waals surface area contributed by atoms with Crippen molar-refractivity contribution in [2.45, 2.75) is 38.0 Å². The molecule has 136 valence electrons. The second-order valence-electron chi connectivity index (χ2n) is 6.26. The van der Waals surface area contributed by atoms with Gasteiger partial charge in [-0.05, 0) is 40.8 Å². The van der Waals surface area contributed by atoms with Gasteiger partial charge in [0.05, 0.1) is 10.5 Å². The maximum absolute atomic E-state index is 12.5. The van der Waals surface area contributed by atoms with Crippen LogP contribution in [0.2, 0.25) is 0 Å². The number of sulfonamides is 1. The van der Waals surface area contributed by atoms with E-state index in [4.69, 9.17) is 0 Å². The minimum absolute atomic E-state index is 0.0487. The number of amides is 1. The smallest absolute Gasteiger partial charge is 0.258 e. The predicted molar refractivity (Wildman–Crippen MR) is 107 cm³/mol. The van der Waals surface area contributed by atoms with Gasteiger partial charge >= 0.3 is 0 Å². The van der Waals surface area contributed by atoms with E-state index in [9.17, 15) is 13.2 Å². The van der Waals surface area contributed by atoms with Gasteiger partial charge in [0.15, 0.2) is 0 Å². The number of halogens is 1. The molecule has 10 heteroatoms. The molecule has 2 N–H and O–H groups in total. The first kappa shape index (κ1) is 20.2. The molecular formula is C15H19IN4O3S2. The molecule has 0 unspecified atom stereocenters. The minimum atomic E-state index is -3.63. The molecule has 0 aliphatic heterocycles. The van der Waals surface area contributed by atoms with Crippen LogP contribution < -0.4 is 10.0 Å². The molecule has 0 aliphatic carbocycles. The highest BCUT2D eigenvalue weighted by atomic mass is 127. The highest BCUT2D eigenvalue weighted by Crippen LogP contribution is 2.28. The van der Waals surface area contributed by atoms with Crippen molar-refractivity contribution in [2.75, 3.05) is 11.9 Å². The SMILES string of the molecule is CCNS(=O)(=O)c1ccc(I)c(C(=O)Nc2nnc(C(C)(C)C)s2)c1. The van der Waals surface area contributed by atoms with Crippen LogP contribution in [0.4, 0.5) is 5.13 Å². The van der Waals surface area contributed by atoms with E-state index in [1.165, 1.54) is 23.5 Å². The van der Waals surface area contributed by atoms with Crippen LogP contribution in [0.5, 0.6) is 0 Å². The van der Waals surface area contributed by atoms with Crippen molar-refractivity contribution >= 4 is 55.0 Å². The average Bonchev–Trinajstić information content (AvgIpc) is 2.96. The number of carbonyl (C=O) groups excluding carboxylic acids is 1. The fraction of sp³-hybridized carbons (Fsp3) is 0.400. The van der Waals surface area contributed by atoms with E-state index in [2.05, 4.69) is 20.2 Å². The van der Waals surface area contributed by atoms with E-state index in [-0.39, 0.29) is 22.4 Å². The maximum atomic E-state index is 12.5. The second-order valence-corrected chi connectivity index (χ2v) is 10.2. The fourth-order valence-electron chi connectivity index (χ4n) is 1.86. The number of hydrogen-bond donors (Lipinski definition) is 2. The molecule has 1 heterocycles. The van der Waals surface area contributed by atoms with Gasteiger partial charge in [0.25, 0.3) is 5.91 Å². The number of nitrogens with one attached hydrogen (secondary N) is 2. The lowest BCUT2D eigenvalue weighted by Crippen LogP contribution is -2.24. The molecule has 1 amide bonds. The van der Waals surface area contributed by atoms with E-state index < -0.39 is 15.9 Å². The zero-order chi connectivity index (χ0) is 18.8. The molecule has 0 fully saturated rings. The van der Waals surface area contributed by atoms with E-state index >= 15 is 0 Å². The molecule has 0 spiro atoms. The monoisotopic (exact) mass is 494 g/mol. The standard InChI is InChI=1S/C15H19IN4O3S2/c1-5-17-25(22,23)9-6-7-11(16)10(8-9)12(21)18-14-20-19-13(24-14)15(2,3)4/h6-8,17H,5H2,1-4H3,(H,18,20,21). The van der Waals surface area contributed by atoms with Crippen molar-refractivity contribution in [3.63, 3.8) is 0 Å². The van der Waals surface area contributed by atoms with Crippen LogP contribution in [0, 0.1) is 3.57 Å². The molecule has 2 aromatic rings. The molecule has 0 saturated heterocycles. The number of anilines is 1. The topological polar surface area (TPSA) is 101 Å². The third-order valence-corrected chi connectivity index (χ3v) is 6.86. The van der Waals surface area contributed by atoms with Crippen molar-refractivity contribution < 1.29 is 13.2 Å². The Hall–Kier alpha value is -1.11. The van der Waals surface area contributed by atoms with E-state index in [0.717, 1.165) is 5.01 Å². The van der Waals surface area contributed by atoms with Gasteiger partial charge in [0.2, 0.25) is 15.2 Å². The Morgan fingerprint density at radius 1 is 1.28 bits per heavy atom. The van der Waals surface area contributed by atoms with Gasteiger partial charge in [-0.15, -0.1) is 10.2 Å². The first-order valence-electron chi connectivity index (χ1n) is 7.49. The Balaban J connectivity index is 2.29. The number of nitrogens with zero attached hydrogens (tertiary/aromatic N) is 2. The molecule has 2 rings (SSSR count). The number of aromatic nitrogens is 2. The van der Waals surface area contributed by atoms with Crippen LogP contribution in [0.25, 0.3) is 0 Å². The van der Waals surface area contributed by atoms with E-state index in [1.54, 1.807) is 13.0 Å². The molecule has 0 saturated carbocycles. The number of hydrogen-bond acceptors (Lipinski definition) is 6. The lowest BCUT2D eigenvalue weighted by molar-refractivity contribution is 0.102. The molecule has 7 nitrogen and oxygen atoms in total. The quantitative estimate of drug-likeness (QED) is 0.623.